The predicted octanol–water partition coefficient (Wildman–Crippen LogP) is 3.38. The maximum absolute atomic E-state index is 12.2. The maximum atomic E-state index is 12.2. The molecule has 1 atom stereocenters. The van der Waals surface area contributed by atoms with Crippen molar-refractivity contribution in [1.29, 1.82) is 0 Å². The fourth-order valence-corrected chi connectivity index (χ4v) is 1.21. The third kappa shape index (κ3) is 3.84. The molecule has 0 nitrogen and oxygen atoms in total. The average molecular weight is 190 g/mol. The van der Waals surface area contributed by atoms with Gasteiger partial charge in [0.05, 0.1) is 0 Å². The minimum absolute atomic E-state index is 0.0266. The Morgan fingerprint density at radius 2 is 1.82 bits per heavy atom. The van der Waals surface area contributed by atoms with Crippen LogP contribution in [-0.4, -0.2) is 16.9 Å². The summed E-state index contributed by atoms with van der Waals surface area (Å²) in [4.78, 5) is 0. The van der Waals surface area contributed by atoms with Crippen molar-refractivity contribution >= 4 is 11.8 Å². The standard InChI is InChI=1S/C6H10F4S/c1-3-4(2)11-6(9,10)5(7)8/h4-5H,3H2,1-2H3. The van der Waals surface area contributed by atoms with Crippen LogP contribution in [0.1, 0.15) is 20.3 Å². The molecule has 0 saturated carbocycles. The van der Waals surface area contributed by atoms with Crippen molar-refractivity contribution < 1.29 is 17.6 Å². The molecule has 0 aromatic carbocycles. The number of rotatable bonds is 4. The molecule has 0 aliphatic heterocycles. The highest BCUT2D eigenvalue weighted by Gasteiger charge is 2.42. The molecule has 0 spiro atoms. The van der Waals surface area contributed by atoms with Gasteiger partial charge in [-0.3, -0.25) is 0 Å². The summed E-state index contributed by atoms with van der Waals surface area (Å²) in [5, 5.41) is -4.32. The fraction of sp³-hybridized carbons (Fsp3) is 1.00. The summed E-state index contributed by atoms with van der Waals surface area (Å²) in [6.07, 6.45) is -3.10. The van der Waals surface area contributed by atoms with Gasteiger partial charge in [-0.05, 0) is 6.42 Å². The van der Waals surface area contributed by atoms with Crippen molar-refractivity contribution in [3.8, 4) is 0 Å². The van der Waals surface area contributed by atoms with Crippen LogP contribution in [0.3, 0.4) is 0 Å². The predicted molar refractivity (Wildman–Crippen MR) is 38.3 cm³/mol. The summed E-state index contributed by atoms with van der Waals surface area (Å²) >= 11 is 0.0266. The van der Waals surface area contributed by atoms with Gasteiger partial charge in [0.1, 0.15) is 0 Å². The lowest BCUT2D eigenvalue weighted by Crippen LogP contribution is -2.24. The molecular formula is C6H10F4S. The first-order valence-electron chi connectivity index (χ1n) is 3.24. The number of thioether (sulfide) groups is 1. The summed E-state index contributed by atoms with van der Waals surface area (Å²) in [7, 11) is 0. The SMILES string of the molecule is CCC(C)SC(F)(F)C(F)F. The fourth-order valence-electron chi connectivity index (χ4n) is 0.403. The Kier molecular flexibility index (Phi) is 4.21. The van der Waals surface area contributed by atoms with Crippen LogP contribution in [0.2, 0.25) is 0 Å². The van der Waals surface area contributed by atoms with Gasteiger partial charge in [-0.1, -0.05) is 25.6 Å². The molecule has 1 unspecified atom stereocenters. The van der Waals surface area contributed by atoms with E-state index in [0.717, 1.165) is 0 Å². The smallest absolute Gasteiger partial charge is 0.202 e. The van der Waals surface area contributed by atoms with E-state index in [1.54, 1.807) is 6.92 Å². The molecule has 0 bridgehead atoms. The van der Waals surface area contributed by atoms with E-state index in [2.05, 4.69) is 0 Å². The van der Waals surface area contributed by atoms with E-state index in [0.29, 0.717) is 6.42 Å². The second-order valence-electron chi connectivity index (χ2n) is 2.20. The molecule has 0 aliphatic carbocycles. The van der Waals surface area contributed by atoms with E-state index in [1.165, 1.54) is 6.92 Å². The quantitative estimate of drug-likeness (QED) is 0.612. The molecule has 11 heavy (non-hydrogen) atoms. The molecular weight excluding hydrogens is 180 g/mol. The maximum Gasteiger partial charge on any atom is 0.353 e. The molecule has 5 heteroatoms. The molecule has 0 heterocycles. The first-order chi connectivity index (χ1) is 4.90. The number of hydrogen-bond donors (Lipinski definition) is 0. The Balaban J connectivity index is 3.90. The van der Waals surface area contributed by atoms with E-state index in [-0.39, 0.29) is 11.8 Å². The van der Waals surface area contributed by atoms with Gasteiger partial charge in [0, 0.05) is 5.25 Å². The minimum atomic E-state index is -3.89. The highest BCUT2D eigenvalue weighted by atomic mass is 32.2. The third-order valence-corrected chi connectivity index (χ3v) is 2.42. The van der Waals surface area contributed by atoms with E-state index >= 15 is 0 Å². The van der Waals surface area contributed by atoms with E-state index in [1.807, 2.05) is 0 Å². The Hall–Kier alpha value is 0.0700. The van der Waals surface area contributed by atoms with E-state index < -0.39 is 16.9 Å². The minimum Gasteiger partial charge on any atom is -0.202 e. The second-order valence-corrected chi connectivity index (χ2v) is 3.78. The van der Waals surface area contributed by atoms with Crippen LogP contribution in [0.25, 0.3) is 0 Å². The van der Waals surface area contributed by atoms with Gasteiger partial charge >= 0.3 is 11.7 Å². The zero-order valence-electron chi connectivity index (χ0n) is 6.28. The highest BCUT2D eigenvalue weighted by Crippen LogP contribution is 2.38. The Morgan fingerprint density at radius 1 is 1.36 bits per heavy atom. The van der Waals surface area contributed by atoms with Crippen molar-refractivity contribution in [2.45, 2.75) is 37.2 Å². The molecule has 0 aliphatic rings. The highest BCUT2D eigenvalue weighted by molar-refractivity contribution is 8.00. The third-order valence-electron chi connectivity index (χ3n) is 1.19. The molecule has 0 rings (SSSR count). The van der Waals surface area contributed by atoms with Crippen molar-refractivity contribution in [3.63, 3.8) is 0 Å². The Bertz CT molecular complexity index is 115. The van der Waals surface area contributed by atoms with Crippen LogP contribution in [-0.2, 0) is 0 Å². The summed E-state index contributed by atoms with van der Waals surface area (Å²) in [5.41, 5.74) is 0. The Morgan fingerprint density at radius 3 is 2.09 bits per heavy atom. The van der Waals surface area contributed by atoms with Crippen LogP contribution in [0.4, 0.5) is 17.6 Å². The van der Waals surface area contributed by atoms with Gasteiger partial charge in [0.25, 0.3) is 0 Å². The van der Waals surface area contributed by atoms with Gasteiger partial charge in [0.2, 0.25) is 0 Å². The van der Waals surface area contributed by atoms with Crippen LogP contribution < -0.4 is 0 Å². The first-order valence-corrected chi connectivity index (χ1v) is 4.12. The summed E-state index contributed by atoms with van der Waals surface area (Å²) in [6, 6.07) is 0. The summed E-state index contributed by atoms with van der Waals surface area (Å²) in [5.74, 6) is 0. The first kappa shape index (κ1) is 11.1. The number of alkyl halides is 4. The van der Waals surface area contributed by atoms with Crippen molar-refractivity contribution in [2.75, 3.05) is 0 Å². The molecule has 0 aromatic rings. The summed E-state index contributed by atoms with van der Waals surface area (Å²) < 4.78 is 47.5. The molecule has 0 amide bonds. The van der Waals surface area contributed by atoms with Gasteiger partial charge in [-0.25, -0.2) is 8.78 Å². The van der Waals surface area contributed by atoms with Crippen LogP contribution in [0.15, 0.2) is 0 Å². The van der Waals surface area contributed by atoms with Crippen LogP contribution in [0.5, 0.6) is 0 Å². The normalized spacial score (nSPS) is 15.5. The van der Waals surface area contributed by atoms with E-state index in [4.69, 9.17) is 0 Å². The van der Waals surface area contributed by atoms with Gasteiger partial charge in [0.15, 0.2) is 0 Å². The molecule has 0 saturated heterocycles. The van der Waals surface area contributed by atoms with Gasteiger partial charge in [-0.15, -0.1) is 0 Å². The molecule has 68 valence electrons. The number of hydrogen-bond acceptors (Lipinski definition) is 1. The zero-order chi connectivity index (χ0) is 9.07. The number of halogens is 4. The monoisotopic (exact) mass is 190 g/mol. The molecule has 0 radical (unpaired) electrons. The lowest BCUT2D eigenvalue weighted by atomic mass is 10.4. The lowest BCUT2D eigenvalue weighted by Gasteiger charge is -2.17. The second kappa shape index (κ2) is 4.18. The van der Waals surface area contributed by atoms with Crippen LogP contribution in [0, 0.1) is 0 Å². The van der Waals surface area contributed by atoms with Crippen molar-refractivity contribution in [2.24, 2.45) is 0 Å². The van der Waals surface area contributed by atoms with Crippen molar-refractivity contribution in [3.05, 3.63) is 0 Å². The zero-order valence-corrected chi connectivity index (χ0v) is 7.10. The lowest BCUT2D eigenvalue weighted by molar-refractivity contribution is -0.0567. The van der Waals surface area contributed by atoms with Crippen LogP contribution >= 0.6 is 11.8 Å². The average Bonchev–Trinajstić information content (AvgIpc) is 1.86. The molecule has 0 aromatic heterocycles. The molecule has 0 fully saturated rings. The van der Waals surface area contributed by atoms with Gasteiger partial charge in [-0.2, -0.15) is 8.78 Å². The molecule has 0 N–H and O–H groups in total. The summed E-state index contributed by atoms with van der Waals surface area (Å²) in [6.45, 7) is 3.18. The van der Waals surface area contributed by atoms with Gasteiger partial charge < -0.3 is 0 Å². The Labute approximate surface area is 67.3 Å². The topological polar surface area (TPSA) is 0 Å². The van der Waals surface area contributed by atoms with Crippen molar-refractivity contribution in [1.82, 2.24) is 0 Å². The largest absolute Gasteiger partial charge is 0.353 e. The van der Waals surface area contributed by atoms with E-state index in [9.17, 15) is 17.6 Å².